The number of phenols is 2. The van der Waals surface area contributed by atoms with Crippen molar-refractivity contribution in [2.45, 2.75) is 25.7 Å². The number of allylic oxidation sites excluding steroid dienone is 4. The van der Waals surface area contributed by atoms with Gasteiger partial charge in [-0.3, -0.25) is 0 Å². The van der Waals surface area contributed by atoms with E-state index in [0.717, 1.165) is 33.4 Å². The van der Waals surface area contributed by atoms with Crippen molar-refractivity contribution in [1.29, 1.82) is 0 Å². The zero-order valence-electron chi connectivity index (χ0n) is 15.2. The van der Waals surface area contributed by atoms with Crippen molar-refractivity contribution < 1.29 is 10.2 Å². The standard InChI is InChI=1S/C24H26O2/c1-5-9-17-13-21(25)14-18(10-6-2)23(17)24-19(11-7-3)15-22(26)16-20(24)12-8-4/h5-8,13-16,25-26H,1-4,9-12H2. The molecule has 0 aliphatic carbocycles. The summed E-state index contributed by atoms with van der Waals surface area (Å²) in [5.74, 6) is 0.466. The van der Waals surface area contributed by atoms with E-state index < -0.39 is 0 Å². The highest BCUT2D eigenvalue weighted by atomic mass is 16.3. The Morgan fingerprint density at radius 3 is 0.962 bits per heavy atom. The molecule has 134 valence electrons. The third kappa shape index (κ3) is 4.15. The predicted molar refractivity (Wildman–Crippen MR) is 111 cm³/mol. The van der Waals surface area contributed by atoms with Crippen LogP contribution in [0.2, 0.25) is 0 Å². The molecule has 0 spiro atoms. The van der Waals surface area contributed by atoms with Crippen molar-refractivity contribution in [2.24, 2.45) is 0 Å². The van der Waals surface area contributed by atoms with Crippen LogP contribution < -0.4 is 0 Å². The average molecular weight is 346 g/mol. The Labute approximate surface area is 156 Å². The molecule has 0 atom stereocenters. The summed E-state index contributed by atoms with van der Waals surface area (Å²) >= 11 is 0. The Morgan fingerprint density at radius 2 is 0.769 bits per heavy atom. The fraction of sp³-hybridized carbons (Fsp3) is 0.167. The van der Waals surface area contributed by atoms with E-state index in [0.29, 0.717) is 25.7 Å². The van der Waals surface area contributed by atoms with E-state index in [1.807, 2.05) is 24.3 Å². The second-order valence-corrected chi connectivity index (χ2v) is 6.25. The number of rotatable bonds is 9. The molecule has 0 saturated carbocycles. The third-order valence-corrected chi connectivity index (χ3v) is 4.28. The van der Waals surface area contributed by atoms with Crippen LogP contribution in [-0.2, 0) is 25.7 Å². The monoisotopic (exact) mass is 346 g/mol. The van der Waals surface area contributed by atoms with Crippen LogP contribution in [0.4, 0.5) is 0 Å². The number of hydrogen-bond donors (Lipinski definition) is 2. The summed E-state index contributed by atoms with van der Waals surface area (Å²) in [7, 11) is 0. The summed E-state index contributed by atoms with van der Waals surface area (Å²) in [5.41, 5.74) is 6.13. The van der Waals surface area contributed by atoms with Crippen molar-refractivity contribution in [3.05, 3.63) is 97.1 Å². The lowest BCUT2D eigenvalue weighted by Gasteiger charge is -2.21. The Kier molecular flexibility index (Phi) is 6.62. The van der Waals surface area contributed by atoms with Gasteiger partial charge < -0.3 is 10.2 Å². The number of benzene rings is 2. The van der Waals surface area contributed by atoms with E-state index in [2.05, 4.69) is 26.3 Å². The second kappa shape index (κ2) is 8.91. The minimum Gasteiger partial charge on any atom is -0.508 e. The average Bonchev–Trinajstić information content (AvgIpc) is 2.57. The summed E-state index contributed by atoms with van der Waals surface area (Å²) in [6.45, 7) is 15.4. The van der Waals surface area contributed by atoms with E-state index in [9.17, 15) is 10.2 Å². The van der Waals surface area contributed by atoms with Crippen LogP contribution in [0.5, 0.6) is 11.5 Å². The molecule has 0 aliphatic rings. The van der Waals surface area contributed by atoms with Gasteiger partial charge in [0.05, 0.1) is 0 Å². The summed E-state index contributed by atoms with van der Waals surface area (Å²) in [4.78, 5) is 0. The molecular formula is C24H26O2. The summed E-state index contributed by atoms with van der Waals surface area (Å²) in [6.07, 6.45) is 9.86. The molecular weight excluding hydrogens is 320 g/mol. The molecule has 0 amide bonds. The van der Waals surface area contributed by atoms with Crippen LogP contribution in [0, 0.1) is 0 Å². The van der Waals surface area contributed by atoms with Crippen LogP contribution in [0.25, 0.3) is 11.1 Å². The number of hydrogen-bond acceptors (Lipinski definition) is 2. The van der Waals surface area contributed by atoms with Gasteiger partial charge in [0.25, 0.3) is 0 Å². The van der Waals surface area contributed by atoms with E-state index >= 15 is 0 Å². The first-order chi connectivity index (χ1) is 12.5. The zero-order valence-corrected chi connectivity index (χ0v) is 15.2. The molecule has 0 fully saturated rings. The van der Waals surface area contributed by atoms with E-state index in [-0.39, 0.29) is 11.5 Å². The van der Waals surface area contributed by atoms with Crippen molar-refractivity contribution in [3.63, 3.8) is 0 Å². The maximum atomic E-state index is 10.2. The zero-order chi connectivity index (χ0) is 19.1. The van der Waals surface area contributed by atoms with E-state index in [1.54, 1.807) is 24.3 Å². The van der Waals surface area contributed by atoms with Gasteiger partial charge in [-0.15, -0.1) is 26.3 Å². The third-order valence-electron chi connectivity index (χ3n) is 4.28. The van der Waals surface area contributed by atoms with Gasteiger partial charge in [-0.25, -0.2) is 0 Å². The quantitative estimate of drug-likeness (QED) is 0.574. The molecule has 0 radical (unpaired) electrons. The van der Waals surface area contributed by atoms with Crippen LogP contribution in [0.3, 0.4) is 0 Å². The number of aromatic hydroxyl groups is 2. The second-order valence-electron chi connectivity index (χ2n) is 6.25. The SMILES string of the molecule is C=CCc1cc(O)cc(CC=C)c1-c1c(CC=C)cc(O)cc1CC=C. The minimum absolute atomic E-state index is 0.233. The van der Waals surface area contributed by atoms with Crippen LogP contribution in [0.1, 0.15) is 22.3 Å². The highest BCUT2D eigenvalue weighted by molar-refractivity contribution is 5.79. The van der Waals surface area contributed by atoms with E-state index in [4.69, 9.17) is 0 Å². The number of phenolic OH excluding ortho intramolecular Hbond substituents is 2. The Balaban J connectivity index is 2.92. The molecule has 0 unspecified atom stereocenters. The first-order valence-corrected chi connectivity index (χ1v) is 8.69. The largest absolute Gasteiger partial charge is 0.508 e. The first kappa shape index (κ1) is 19.3. The van der Waals surface area contributed by atoms with Crippen LogP contribution in [0.15, 0.2) is 74.9 Å². The maximum absolute atomic E-state index is 10.2. The van der Waals surface area contributed by atoms with Gasteiger partial charge in [-0.2, -0.15) is 0 Å². The van der Waals surface area contributed by atoms with Gasteiger partial charge >= 0.3 is 0 Å². The normalized spacial score (nSPS) is 10.3. The summed E-state index contributed by atoms with van der Waals surface area (Å²) < 4.78 is 0. The van der Waals surface area contributed by atoms with Crippen molar-refractivity contribution >= 4 is 0 Å². The lowest BCUT2D eigenvalue weighted by molar-refractivity contribution is 0.473. The van der Waals surface area contributed by atoms with Crippen molar-refractivity contribution in [1.82, 2.24) is 0 Å². The summed E-state index contributed by atoms with van der Waals surface area (Å²) in [6, 6.07) is 7.13. The molecule has 2 nitrogen and oxygen atoms in total. The van der Waals surface area contributed by atoms with Gasteiger partial charge in [-0.1, -0.05) is 24.3 Å². The molecule has 2 aromatic carbocycles. The van der Waals surface area contributed by atoms with Crippen LogP contribution in [-0.4, -0.2) is 10.2 Å². The summed E-state index contributed by atoms with van der Waals surface area (Å²) in [5, 5.41) is 20.3. The molecule has 0 aromatic heterocycles. The van der Waals surface area contributed by atoms with E-state index in [1.165, 1.54) is 0 Å². The molecule has 2 N–H and O–H groups in total. The van der Waals surface area contributed by atoms with Gasteiger partial charge in [0, 0.05) is 0 Å². The first-order valence-electron chi connectivity index (χ1n) is 8.69. The molecule has 0 bridgehead atoms. The fourth-order valence-electron chi connectivity index (χ4n) is 3.41. The molecule has 2 heteroatoms. The van der Waals surface area contributed by atoms with Gasteiger partial charge in [0.1, 0.15) is 11.5 Å². The lowest BCUT2D eigenvalue weighted by Crippen LogP contribution is -2.02. The lowest BCUT2D eigenvalue weighted by atomic mass is 9.84. The van der Waals surface area contributed by atoms with Gasteiger partial charge in [0.2, 0.25) is 0 Å². The molecule has 0 aliphatic heterocycles. The van der Waals surface area contributed by atoms with Gasteiger partial charge in [0.15, 0.2) is 0 Å². The van der Waals surface area contributed by atoms with Gasteiger partial charge in [-0.05, 0) is 83.3 Å². The highest BCUT2D eigenvalue weighted by Gasteiger charge is 2.18. The highest BCUT2D eigenvalue weighted by Crippen LogP contribution is 2.39. The molecule has 0 heterocycles. The molecule has 26 heavy (non-hydrogen) atoms. The topological polar surface area (TPSA) is 40.5 Å². The fourth-order valence-corrected chi connectivity index (χ4v) is 3.41. The maximum Gasteiger partial charge on any atom is 0.116 e. The Hall–Kier alpha value is -3.00. The minimum atomic E-state index is 0.233. The molecule has 2 rings (SSSR count). The van der Waals surface area contributed by atoms with Crippen molar-refractivity contribution in [2.75, 3.05) is 0 Å². The smallest absolute Gasteiger partial charge is 0.116 e. The molecule has 0 saturated heterocycles. The predicted octanol–water partition coefficient (Wildman–Crippen LogP) is 5.68. The van der Waals surface area contributed by atoms with Crippen molar-refractivity contribution in [3.8, 4) is 22.6 Å². The van der Waals surface area contributed by atoms with Crippen LogP contribution >= 0.6 is 0 Å². The Bertz CT molecular complexity index is 710. The Morgan fingerprint density at radius 1 is 0.538 bits per heavy atom. The molecule has 2 aromatic rings.